The number of nitrogens with one attached hydrogen (secondary N) is 1. The maximum absolute atomic E-state index is 10.4. The minimum Gasteiger partial charge on any atom is -0.386 e. The van der Waals surface area contributed by atoms with E-state index in [1.54, 1.807) is 0 Å². The summed E-state index contributed by atoms with van der Waals surface area (Å²) in [6, 6.07) is 2.02. The maximum atomic E-state index is 10.4. The second kappa shape index (κ2) is 5.82. The Hall–Kier alpha value is -0.910. The number of aliphatic hydroxyl groups is 1. The van der Waals surface area contributed by atoms with Crippen LogP contribution in [0.1, 0.15) is 32.4 Å². The standard InChI is InChI=1S/C13H23N3O2/c1-3-7-16-12(4-6-15-16)9-14-10-13(17)5-8-18-11(13)2/h4,6,11,14,17H,3,5,7-10H2,1-2H3. The lowest BCUT2D eigenvalue weighted by Gasteiger charge is -2.26. The largest absolute Gasteiger partial charge is 0.386 e. The van der Waals surface area contributed by atoms with Crippen molar-refractivity contribution in [2.24, 2.45) is 0 Å². The molecule has 0 spiro atoms. The maximum Gasteiger partial charge on any atom is 0.105 e. The van der Waals surface area contributed by atoms with Crippen LogP contribution in [0.4, 0.5) is 0 Å². The van der Waals surface area contributed by atoms with Crippen molar-refractivity contribution in [3.05, 3.63) is 18.0 Å². The number of aryl methyl sites for hydroxylation is 1. The number of rotatable bonds is 6. The summed E-state index contributed by atoms with van der Waals surface area (Å²) in [7, 11) is 0. The van der Waals surface area contributed by atoms with E-state index in [4.69, 9.17) is 4.74 Å². The molecule has 1 aliphatic heterocycles. The van der Waals surface area contributed by atoms with Crippen LogP contribution in [0.25, 0.3) is 0 Å². The smallest absolute Gasteiger partial charge is 0.105 e. The highest BCUT2D eigenvalue weighted by molar-refractivity contribution is 5.01. The Bertz CT molecular complexity index is 380. The first-order chi connectivity index (χ1) is 8.65. The molecule has 2 unspecified atom stereocenters. The van der Waals surface area contributed by atoms with Crippen molar-refractivity contribution in [3.63, 3.8) is 0 Å². The van der Waals surface area contributed by atoms with E-state index in [0.717, 1.165) is 25.2 Å². The number of nitrogens with zero attached hydrogens (tertiary/aromatic N) is 2. The summed E-state index contributed by atoms with van der Waals surface area (Å²) in [5.74, 6) is 0. The van der Waals surface area contributed by atoms with Crippen molar-refractivity contribution in [1.82, 2.24) is 15.1 Å². The number of aromatic nitrogens is 2. The van der Waals surface area contributed by atoms with E-state index < -0.39 is 5.60 Å². The van der Waals surface area contributed by atoms with Gasteiger partial charge in [-0.3, -0.25) is 4.68 Å². The Balaban J connectivity index is 1.83. The van der Waals surface area contributed by atoms with Crippen molar-refractivity contribution in [3.8, 4) is 0 Å². The van der Waals surface area contributed by atoms with Gasteiger partial charge in [-0.1, -0.05) is 6.92 Å². The molecule has 102 valence electrons. The zero-order chi connectivity index (χ0) is 13.0. The van der Waals surface area contributed by atoms with Crippen molar-refractivity contribution in [2.75, 3.05) is 13.2 Å². The Morgan fingerprint density at radius 2 is 2.50 bits per heavy atom. The molecule has 1 saturated heterocycles. The minimum absolute atomic E-state index is 0.0921. The molecule has 0 saturated carbocycles. The zero-order valence-corrected chi connectivity index (χ0v) is 11.2. The van der Waals surface area contributed by atoms with E-state index in [-0.39, 0.29) is 6.10 Å². The summed E-state index contributed by atoms with van der Waals surface area (Å²) >= 11 is 0. The molecular weight excluding hydrogens is 230 g/mol. The first-order valence-electron chi connectivity index (χ1n) is 6.71. The molecule has 1 aliphatic rings. The Morgan fingerprint density at radius 3 is 3.17 bits per heavy atom. The van der Waals surface area contributed by atoms with Crippen molar-refractivity contribution < 1.29 is 9.84 Å². The summed E-state index contributed by atoms with van der Waals surface area (Å²) in [6.45, 7) is 6.94. The fraction of sp³-hybridized carbons (Fsp3) is 0.769. The van der Waals surface area contributed by atoms with E-state index >= 15 is 0 Å². The van der Waals surface area contributed by atoms with Gasteiger partial charge in [0.2, 0.25) is 0 Å². The average molecular weight is 253 g/mol. The third-order valence-corrected chi connectivity index (χ3v) is 3.64. The average Bonchev–Trinajstić information content (AvgIpc) is 2.89. The topological polar surface area (TPSA) is 59.3 Å². The molecule has 18 heavy (non-hydrogen) atoms. The summed E-state index contributed by atoms with van der Waals surface area (Å²) in [5, 5.41) is 17.9. The molecule has 2 atom stereocenters. The van der Waals surface area contributed by atoms with Crippen molar-refractivity contribution in [2.45, 2.75) is 51.5 Å². The molecule has 0 aliphatic carbocycles. The number of ether oxygens (including phenoxy) is 1. The fourth-order valence-electron chi connectivity index (χ4n) is 2.33. The van der Waals surface area contributed by atoms with E-state index in [9.17, 15) is 5.11 Å². The molecule has 0 bridgehead atoms. The molecule has 5 heteroatoms. The molecule has 2 heterocycles. The second-order valence-electron chi connectivity index (χ2n) is 5.02. The van der Waals surface area contributed by atoms with E-state index in [2.05, 4.69) is 17.3 Å². The lowest BCUT2D eigenvalue weighted by Crippen LogP contribution is -2.45. The second-order valence-corrected chi connectivity index (χ2v) is 5.02. The van der Waals surface area contributed by atoms with E-state index in [0.29, 0.717) is 19.6 Å². The van der Waals surface area contributed by atoms with Gasteiger partial charge in [0.15, 0.2) is 0 Å². The van der Waals surface area contributed by atoms with Gasteiger partial charge in [0.05, 0.1) is 11.8 Å². The van der Waals surface area contributed by atoms with Gasteiger partial charge in [0.1, 0.15) is 5.60 Å². The number of hydrogen-bond donors (Lipinski definition) is 2. The van der Waals surface area contributed by atoms with Crippen LogP contribution in [0.2, 0.25) is 0 Å². The van der Waals surface area contributed by atoms with Crippen LogP contribution in [0, 0.1) is 0 Å². The molecule has 1 fully saturated rings. The normalized spacial score (nSPS) is 27.8. The van der Waals surface area contributed by atoms with Crippen LogP contribution in [-0.2, 0) is 17.8 Å². The first kappa shape index (κ1) is 13.5. The molecule has 0 aromatic carbocycles. The molecule has 0 amide bonds. The van der Waals surface area contributed by atoms with Gasteiger partial charge in [0, 0.05) is 38.9 Å². The van der Waals surface area contributed by atoms with Crippen LogP contribution >= 0.6 is 0 Å². The molecular formula is C13H23N3O2. The van der Waals surface area contributed by atoms with Gasteiger partial charge < -0.3 is 15.2 Å². The fourth-order valence-corrected chi connectivity index (χ4v) is 2.33. The summed E-state index contributed by atoms with van der Waals surface area (Å²) in [5.41, 5.74) is 0.433. The van der Waals surface area contributed by atoms with Gasteiger partial charge in [-0.2, -0.15) is 5.10 Å². The zero-order valence-electron chi connectivity index (χ0n) is 11.2. The predicted molar refractivity (Wildman–Crippen MR) is 69.2 cm³/mol. The van der Waals surface area contributed by atoms with Gasteiger partial charge in [-0.15, -0.1) is 0 Å². The molecule has 0 radical (unpaired) electrons. The summed E-state index contributed by atoms with van der Waals surface area (Å²) in [4.78, 5) is 0. The highest BCUT2D eigenvalue weighted by Crippen LogP contribution is 2.24. The molecule has 1 aromatic rings. The van der Waals surface area contributed by atoms with Crippen LogP contribution < -0.4 is 5.32 Å². The highest BCUT2D eigenvalue weighted by atomic mass is 16.5. The third-order valence-electron chi connectivity index (χ3n) is 3.64. The van der Waals surface area contributed by atoms with Crippen LogP contribution in [-0.4, -0.2) is 39.7 Å². The quantitative estimate of drug-likeness (QED) is 0.791. The Kier molecular flexibility index (Phi) is 4.37. The molecule has 2 N–H and O–H groups in total. The number of hydrogen-bond acceptors (Lipinski definition) is 4. The highest BCUT2D eigenvalue weighted by Gasteiger charge is 2.38. The lowest BCUT2D eigenvalue weighted by atomic mass is 9.97. The van der Waals surface area contributed by atoms with Crippen LogP contribution in [0.3, 0.4) is 0 Å². The van der Waals surface area contributed by atoms with E-state index in [1.165, 1.54) is 0 Å². The van der Waals surface area contributed by atoms with Crippen LogP contribution in [0.5, 0.6) is 0 Å². The van der Waals surface area contributed by atoms with Crippen molar-refractivity contribution >= 4 is 0 Å². The van der Waals surface area contributed by atoms with Gasteiger partial charge >= 0.3 is 0 Å². The van der Waals surface area contributed by atoms with E-state index in [1.807, 2.05) is 23.9 Å². The van der Waals surface area contributed by atoms with Crippen LogP contribution in [0.15, 0.2) is 12.3 Å². The predicted octanol–water partition coefficient (Wildman–Crippen LogP) is 0.923. The Labute approximate surface area is 108 Å². The summed E-state index contributed by atoms with van der Waals surface area (Å²) < 4.78 is 7.42. The van der Waals surface area contributed by atoms with Gasteiger partial charge in [-0.25, -0.2) is 0 Å². The van der Waals surface area contributed by atoms with Gasteiger partial charge in [-0.05, 0) is 19.4 Å². The molecule has 2 rings (SSSR count). The summed E-state index contributed by atoms with van der Waals surface area (Å²) in [6.07, 6.45) is 3.51. The monoisotopic (exact) mass is 253 g/mol. The minimum atomic E-state index is -0.727. The molecule has 1 aromatic heterocycles. The first-order valence-corrected chi connectivity index (χ1v) is 6.71. The lowest BCUT2D eigenvalue weighted by molar-refractivity contribution is -0.0263. The van der Waals surface area contributed by atoms with Crippen molar-refractivity contribution in [1.29, 1.82) is 0 Å². The third kappa shape index (κ3) is 2.91. The Morgan fingerprint density at radius 1 is 1.67 bits per heavy atom. The SMILES string of the molecule is CCCn1nccc1CNCC1(O)CCOC1C. The molecule has 5 nitrogen and oxygen atoms in total. The van der Waals surface area contributed by atoms with Gasteiger partial charge in [0.25, 0.3) is 0 Å².